The van der Waals surface area contributed by atoms with Crippen molar-refractivity contribution < 1.29 is 14.0 Å². The molecule has 36 heavy (non-hydrogen) atoms. The smallest absolute Gasteiger partial charge is 0.259 e. The number of hydrazone groups is 1. The van der Waals surface area contributed by atoms with E-state index in [9.17, 15) is 9.59 Å². The first-order valence-corrected chi connectivity index (χ1v) is 10.2. The molecule has 1 aliphatic rings. The Kier molecular flexibility index (Phi) is 12.1. The third kappa shape index (κ3) is 7.53. The van der Waals surface area contributed by atoms with Crippen molar-refractivity contribution in [3.05, 3.63) is 107 Å². The molecule has 0 bridgehead atoms. The summed E-state index contributed by atoms with van der Waals surface area (Å²) in [6.45, 7) is 0. The van der Waals surface area contributed by atoms with Crippen LogP contribution in [-0.2, 0) is 0 Å². The third-order valence-electron chi connectivity index (χ3n) is 4.56. The van der Waals surface area contributed by atoms with Gasteiger partial charge in [0.2, 0.25) is 0 Å². The second kappa shape index (κ2) is 14.2. The molecule has 0 unspecified atom stereocenters. The summed E-state index contributed by atoms with van der Waals surface area (Å²) in [6, 6.07) is 13.9. The van der Waals surface area contributed by atoms with Gasteiger partial charge in [-0.05, 0) is 48.6 Å². The maximum absolute atomic E-state index is 15.1. The van der Waals surface area contributed by atoms with Gasteiger partial charge in [0.15, 0.2) is 0 Å². The van der Waals surface area contributed by atoms with E-state index in [0.29, 0.717) is 10.6 Å². The monoisotopic (exact) mass is 569 g/mol. The van der Waals surface area contributed by atoms with Crippen molar-refractivity contribution in [2.24, 2.45) is 5.10 Å². The number of benzene rings is 2. The molecule has 2 aromatic carbocycles. The van der Waals surface area contributed by atoms with Gasteiger partial charge in [-0.2, -0.15) is 5.10 Å². The van der Waals surface area contributed by atoms with Crippen LogP contribution in [0.3, 0.4) is 0 Å². The highest BCUT2D eigenvalue weighted by Gasteiger charge is 2.21. The van der Waals surface area contributed by atoms with Crippen molar-refractivity contribution in [1.29, 1.82) is 0 Å². The number of rotatable bonds is 5. The number of nitrogens with zero attached hydrogens (tertiary/aromatic N) is 3. The molecule has 3 aromatic rings. The molecule has 7 nitrogen and oxygen atoms in total. The number of carbonyl (C=O) groups excluding carboxylic acids is 2. The van der Waals surface area contributed by atoms with Crippen LogP contribution in [0, 0.1) is 5.82 Å². The lowest BCUT2D eigenvalue weighted by atomic mass is 10.1. The van der Waals surface area contributed by atoms with Gasteiger partial charge in [0.1, 0.15) is 17.3 Å². The predicted octanol–water partition coefficient (Wildman–Crippen LogP) is 6.52. The number of pyridine rings is 1. The second-order valence-corrected chi connectivity index (χ2v) is 7.26. The number of amides is 2. The number of aromatic nitrogens is 1. The van der Waals surface area contributed by atoms with Gasteiger partial charge in [0.25, 0.3) is 11.8 Å². The van der Waals surface area contributed by atoms with Crippen LogP contribution in [0.5, 0.6) is 0 Å². The molecule has 2 N–H and O–H groups in total. The zero-order valence-corrected chi connectivity index (χ0v) is 21.5. The van der Waals surface area contributed by atoms with Crippen molar-refractivity contribution in [2.75, 3.05) is 15.6 Å². The molecule has 0 spiro atoms. The summed E-state index contributed by atoms with van der Waals surface area (Å²) in [5, 5.41) is 11.1. The Balaban J connectivity index is 0.00000216. The fourth-order valence-electron chi connectivity index (χ4n) is 2.98. The first kappa shape index (κ1) is 30.6. The molecular formula is C24H20Cl4FN5O2. The molecular weight excluding hydrogens is 551 g/mol. The summed E-state index contributed by atoms with van der Waals surface area (Å²) in [6.07, 6.45) is 9.53. The Hall–Kier alpha value is -3.43. The van der Waals surface area contributed by atoms with E-state index >= 15 is 4.39 Å². The molecule has 4 rings (SSSR count). The van der Waals surface area contributed by atoms with E-state index in [1.54, 1.807) is 60.8 Å². The molecule has 0 saturated carbocycles. The van der Waals surface area contributed by atoms with Gasteiger partial charge in [0.05, 0.1) is 16.3 Å². The number of allylic oxidation sites excluding steroid dienone is 3. The Morgan fingerprint density at radius 1 is 0.889 bits per heavy atom. The Bertz CT molecular complexity index is 1270. The Morgan fingerprint density at radius 2 is 1.64 bits per heavy atom. The molecule has 1 aliphatic heterocycles. The number of halogens is 5. The van der Waals surface area contributed by atoms with Gasteiger partial charge in [0, 0.05) is 24.2 Å². The molecule has 188 valence electrons. The van der Waals surface area contributed by atoms with E-state index in [-0.39, 0.29) is 60.0 Å². The highest BCUT2D eigenvalue weighted by molar-refractivity contribution is 6.30. The fraction of sp³-hybridized carbons (Fsp3) is 0. The lowest BCUT2D eigenvalue weighted by Crippen LogP contribution is -2.20. The zero-order valence-electron chi connectivity index (χ0n) is 18.3. The first-order chi connectivity index (χ1) is 16.0. The standard InChI is InChI=1S/C24H17ClFN5O2.3ClH/c25-17-9-10-22(27-15-17)30-24(33)18-13-19(26)21(31-12-6-2-5-11-28-31)14-20(18)29-23(32)16-7-3-1-4-8-16;;;/h1-15H,(H,29,32)(H,27,30,33);3*1H. The number of carbonyl (C=O) groups is 2. The highest BCUT2D eigenvalue weighted by atomic mass is 35.5. The summed E-state index contributed by atoms with van der Waals surface area (Å²) in [5.74, 6) is -1.59. The van der Waals surface area contributed by atoms with E-state index in [4.69, 9.17) is 11.6 Å². The van der Waals surface area contributed by atoms with Crippen LogP contribution >= 0.6 is 48.8 Å². The van der Waals surface area contributed by atoms with Crippen molar-refractivity contribution >= 4 is 84.0 Å². The van der Waals surface area contributed by atoms with Crippen molar-refractivity contribution in [1.82, 2.24) is 4.98 Å². The number of hydrogen-bond acceptors (Lipinski definition) is 5. The average molecular weight is 571 g/mol. The van der Waals surface area contributed by atoms with Gasteiger partial charge < -0.3 is 10.6 Å². The topological polar surface area (TPSA) is 86.7 Å². The van der Waals surface area contributed by atoms with E-state index < -0.39 is 17.6 Å². The fourth-order valence-corrected chi connectivity index (χ4v) is 3.09. The molecule has 12 heteroatoms. The van der Waals surface area contributed by atoms with Gasteiger partial charge in [-0.1, -0.05) is 35.9 Å². The Labute approximate surface area is 230 Å². The number of hydrogen-bond donors (Lipinski definition) is 2. The van der Waals surface area contributed by atoms with Crippen molar-refractivity contribution in [3.8, 4) is 0 Å². The molecule has 2 amide bonds. The molecule has 0 atom stereocenters. The Morgan fingerprint density at radius 3 is 2.33 bits per heavy atom. The van der Waals surface area contributed by atoms with E-state index in [2.05, 4.69) is 20.7 Å². The maximum atomic E-state index is 15.1. The minimum atomic E-state index is -0.703. The predicted molar refractivity (Wildman–Crippen MR) is 149 cm³/mol. The van der Waals surface area contributed by atoms with Crippen LogP contribution in [0.2, 0.25) is 5.02 Å². The summed E-state index contributed by atoms with van der Waals surface area (Å²) >= 11 is 5.83. The summed E-state index contributed by atoms with van der Waals surface area (Å²) < 4.78 is 15.1. The van der Waals surface area contributed by atoms with Gasteiger partial charge in [-0.3, -0.25) is 9.59 Å². The third-order valence-corrected chi connectivity index (χ3v) is 4.78. The van der Waals surface area contributed by atoms with Crippen LogP contribution in [0.1, 0.15) is 20.7 Å². The second-order valence-electron chi connectivity index (χ2n) is 6.82. The number of anilines is 3. The van der Waals surface area contributed by atoms with Crippen LogP contribution in [0.4, 0.5) is 21.6 Å². The molecule has 0 saturated heterocycles. The average Bonchev–Trinajstić information content (AvgIpc) is 3.11. The molecule has 0 aliphatic carbocycles. The quantitative estimate of drug-likeness (QED) is 0.365. The van der Waals surface area contributed by atoms with Crippen LogP contribution in [0.15, 0.2) is 90.3 Å². The summed E-state index contributed by atoms with van der Waals surface area (Å²) in [5.41, 5.74) is 0.451. The summed E-state index contributed by atoms with van der Waals surface area (Å²) in [7, 11) is 0. The van der Waals surface area contributed by atoms with Crippen molar-refractivity contribution in [3.63, 3.8) is 0 Å². The van der Waals surface area contributed by atoms with E-state index in [0.717, 1.165) is 6.07 Å². The van der Waals surface area contributed by atoms with Crippen LogP contribution in [0.25, 0.3) is 0 Å². The SMILES string of the molecule is Cl.Cl.Cl.O=C(Nc1cc(N2C=CC=CC=N2)c(F)cc1C(=O)Nc1ccc(Cl)cn1)c1ccccc1. The summed E-state index contributed by atoms with van der Waals surface area (Å²) in [4.78, 5) is 29.8. The first-order valence-electron chi connectivity index (χ1n) is 9.81. The van der Waals surface area contributed by atoms with Gasteiger partial charge >= 0.3 is 0 Å². The normalized spacial score (nSPS) is 11.3. The van der Waals surface area contributed by atoms with E-state index in [1.807, 2.05) is 0 Å². The lowest BCUT2D eigenvalue weighted by molar-refractivity contribution is 0.102. The van der Waals surface area contributed by atoms with Crippen LogP contribution in [-0.4, -0.2) is 23.0 Å². The number of nitrogens with one attached hydrogen (secondary N) is 2. The van der Waals surface area contributed by atoms with Crippen molar-refractivity contribution in [2.45, 2.75) is 0 Å². The van der Waals surface area contributed by atoms with Gasteiger partial charge in [-0.25, -0.2) is 14.4 Å². The minimum Gasteiger partial charge on any atom is -0.321 e. The molecule has 1 aromatic heterocycles. The lowest BCUT2D eigenvalue weighted by Gasteiger charge is -2.18. The maximum Gasteiger partial charge on any atom is 0.259 e. The molecule has 0 radical (unpaired) electrons. The zero-order chi connectivity index (χ0) is 23.2. The minimum absolute atomic E-state index is 0. The largest absolute Gasteiger partial charge is 0.321 e. The van der Waals surface area contributed by atoms with E-state index in [1.165, 1.54) is 29.6 Å². The molecule has 0 fully saturated rings. The highest BCUT2D eigenvalue weighted by Crippen LogP contribution is 2.29. The van der Waals surface area contributed by atoms with Gasteiger partial charge in [-0.15, -0.1) is 37.2 Å². The van der Waals surface area contributed by atoms with Crippen LogP contribution < -0.4 is 15.6 Å². The molecule has 2 heterocycles.